The van der Waals surface area contributed by atoms with Crippen molar-refractivity contribution in [2.45, 2.75) is 19.8 Å². The van der Waals surface area contributed by atoms with Gasteiger partial charge in [-0.15, -0.1) is 10.2 Å². The Hall–Kier alpha value is -3.06. The fourth-order valence-electron chi connectivity index (χ4n) is 3.44. The van der Waals surface area contributed by atoms with Gasteiger partial charge in [-0.1, -0.05) is 12.1 Å². The summed E-state index contributed by atoms with van der Waals surface area (Å²) in [5.74, 6) is 1.25. The number of rotatable bonds is 5. The van der Waals surface area contributed by atoms with Crippen molar-refractivity contribution >= 4 is 5.91 Å². The highest BCUT2D eigenvalue weighted by Gasteiger charge is 2.15. The summed E-state index contributed by atoms with van der Waals surface area (Å²) in [6.07, 6.45) is 7.06. The highest BCUT2D eigenvalue weighted by atomic mass is 16.5. The molecule has 1 aromatic carbocycles. The number of hydrogen-bond donors (Lipinski definition) is 1. The van der Waals surface area contributed by atoms with E-state index in [1.807, 2.05) is 31.2 Å². The molecule has 1 amide bonds. The molecular weight excluding hydrogens is 354 g/mol. The average molecular weight is 377 g/mol. The third-order valence-electron chi connectivity index (χ3n) is 5.06. The van der Waals surface area contributed by atoms with E-state index in [-0.39, 0.29) is 5.91 Å². The lowest BCUT2D eigenvalue weighted by Gasteiger charge is -2.22. The Morgan fingerprint density at radius 1 is 1.18 bits per heavy atom. The van der Waals surface area contributed by atoms with Gasteiger partial charge in [0.25, 0.3) is 5.91 Å². The molecule has 4 rings (SSSR count). The first-order chi connectivity index (χ1) is 13.7. The Morgan fingerprint density at radius 2 is 1.96 bits per heavy atom. The Labute approximate surface area is 163 Å². The highest BCUT2D eigenvalue weighted by molar-refractivity contribution is 5.95. The zero-order valence-corrected chi connectivity index (χ0v) is 15.8. The van der Waals surface area contributed by atoms with Crippen LogP contribution in [0.3, 0.4) is 0 Å². The van der Waals surface area contributed by atoms with Crippen molar-refractivity contribution in [3.8, 4) is 16.9 Å². The SMILES string of the molecule is Cc1cc(-c2cccc(C(=O)NCC3CCOCC3)c2)cnc1-n1cnnc1. The quantitative estimate of drug-likeness (QED) is 0.739. The van der Waals surface area contributed by atoms with Crippen LogP contribution in [0.25, 0.3) is 16.9 Å². The molecule has 28 heavy (non-hydrogen) atoms. The van der Waals surface area contributed by atoms with E-state index in [1.165, 1.54) is 0 Å². The Morgan fingerprint density at radius 3 is 2.71 bits per heavy atom. The molecule has 0 aliphatic carbocycles. The van der Waals surface area contributed by atoms with Crippen molar-refractivity contribution in [1.82, 2.24) is 25.1 Å². The summed E-state index contributed by atoms with van der Waals surface area (Å²) in [4.78, 5) is 17.1. The zero-order valence-electron chi connectivity index (χ0n) is 15.8. The molecule has 0 radical (unpaired) electrons. The Balaban J connectivity index is 1.48. The summed E-state index contributed by atoms with van der Waals surface area (Å²) in [5, 5.41) is 10.7. The van der Waals surface area contributed by atoms with Crippen LogP contribution in [0.4, 0.5) is 0 Å². The first kappa shape index (κ1) is 18.3. The van der Waals surface area contributed by atoms with Gasteiger partial charge >= 0.3 is 0 Å². The number of benzene rings is 1. The number of hydrogen-bond acceptors (Lipinski definition) is 5. The number of aromatic nitrogens is 4. The molecular formula is C21H23N5O2. The van der Waals surface area contributed by atoms with Crippen LogP contribution in [0, 0.1) is 12.8 Å². The molecule has 2 aromatic heterocycles. The van der Waals surface area contributed by atoms with E-state index in [0.29, 0.717) is 18.0 Å². The van der Waals surface area contributed by atoms with Crippen molar-refractivity contribution in [3.63, 3.8) is 0 Å². The lowest BCUT2D eigenvalue weighted by atomic mass is 10.00. The smallest absolute Gasteiger partial charge is 0.251 e. The van der Waals surface area contributed by atoms with Crippen LogP contribution in [0.15, 0.2) is 49.2 Å². The fraction of sp³-hybridized carbons (Fsp3) is 0.333. The van der Waals surface area contributed by atoms with Gasteiger partial charge in [-0.25, -0.2) is 4.98 Å². The van der Waals surface area contributed by atoms with Crippen molar-refractivity contribution in [3.05, 3.63) is 60.3 Å². The summed E-state index contributed by atoms with van der Waals surface area (Å²) in [5.41, 5.74) is 3.59. The third kappa shape index (κ3) is 4.09. The molecule has 1 fully saturated rings. The van der Waals surface area contributed by atoms with Gasteiger partial charge in [0.1, 0.15) is 18.5 Å². The van der Waals surface area contributed by atoms with Gasteiger partial charge in [0, 0.05) is 37.1 Å². The maximum atomic E-state index is 12.6. The van der Waals surface area contributed by atoms with E-state index in [2.05, 4.69) is 26.6 Å². The topological polar surface area (TPSA) is 81.9 Å². The van der Waals surface area contributed by atoms with Gasteiger partial charge in [0.05, 0.1) is 0 Å². The molecule has 1 saturated heterocycles. The molecule has 0 saturated carbocycles. The number of amides is 1. The molecule has 0 atom stereocenters. The summed E-state index contributed by atoms with van der Waals surface area (Å²) < 4.78 is 7.15. The lowest BCUT2D eigenvalue weighted by Crippen LogP contribution is -2.32. The summed E-state index contributed by atoms with van der Waals surface area (Å²) in [7, 11) is 0. The largest absolute Gasteiger partial charge is 0.381 e. The first-order valence-electron chi connectivity index (χ1n) is 9.49. The van der Waals surface area contributed by atoms with Crippen molar-refractivity contribution < 1.29 is 9.53 Å². The molecule has 0 unspecified atom stereocenters. The maximum Gasteiger partial charge on any atom is 0.251 e. The molecule has 0 spiro atoms. The number of carbonyl (C=O) groups excluding carboxylic acids is 1. The van der Waals surface area contributed by atoms with Gasteiger partial charge in [-0.2, -0.15) is 0 Å². The predicted octanol–water partition coefficient (Wildman–Crippen LogP) is 2.79. The number of aryl methyl sites for hydroxylation is 1. The van der Waals surface area contributed by atoms with E-state index in [1.54, 1.807) is 23.4 Å². The Bertz CT molecular complexity index is 949. The van der Waals surface area contributed by atoms with Crippen LogP contribution in [-0.2, 0) is 4.74 Å². The number of nitrogens with zero attached hydrogens (tertiary/aromatic N) is 4. The normalized spacial score (nSPS) is 14.8. The fourth-order valence-corrected chi connectivity index (χ4v) is 3.44. The molecule has 7 nitrogen and oxygen atoms in total. The van der Waals surface area contributed by atoms with Crippen molar-refractivity contribution in [1.29, 1.82) is 0 Å². The summed E-state index contributed by atoms with van der Waals surface area (Å²) >= 11 is 0. The minimum Gasteiger partial charge on any atom is -0.381 e. The number of ether oxygens (including phenoxy) is 1. The monoisotopic (exact) mass is 377 g/mol. The van der Waals surface area contributed by atoms with Crippen LogP contribution in [0.1, 0.15) is 28.8 Å². The van der Waals surface area contributed by atoms with E-state index < -0.39 is 0 Å². The first-order valence-corrected chi connectivity index (χ1v) is 9.49. The molecule has 0 bridgehead atoms. The maximum absolute atomic E-state index is 12.6. The molecule has 3 heterocycles. The van der Waals surface area contributed by atoms with Gasteiger partial charge < -0.3 is 10.1 Å². The molecule has 144 valence electrons. The van der Waals surface area contributed by atoms with Crippen LogP contribution in [-0.4, -0.2) is 45.4 Å². The Kier molecular flexibility index (Phi) is 5.43. The molecule has 1 N–H and O–H groups in total. The number of carbonyl (C=O) groups is 1. The zero-order chi connectivity index (χ0) is 19.3. The minimum atomic E-state index is -0.0425. The van der Waals surface area contributed by atoms with Crippen LogP contribution in [0.2, 0.25) is 0 Å². The van der Waals surface area contributed by atoms with Crippen LogP contribution >= 0.6 is 0 Å². The lowest BCUT2D eigenvalue weighted by molar-refractivity contribution is 0.0642. The third-order valence-corrected chi connectivity index (χ3v) is 5.06. The van der Waals surface area contributed by atoms with E-state index in [4.69, 9.17) is 4.74 Å². The van der Waals surface area contributed by atoms with Gasteiger partial charge in [-0.3, -0.25) is 9.36 Å². The highest BCUT2D eigenvalue weighted by Crippen LogP contribution is 2.23. The molecule has 1 aliphatic rings. The second kappa shape index (κ2) is 8.31. The molecule has 3 aromatic rings. The standard InChI is InChI=1S/C21H23N5O2/c1-15-9-19(12-22-20(15)26-13-24-25-14-26)17-3-2-4-18(10-17)21(27)23-11-16-5-7-28-8-6-16/h2-4,9-10,12-14,16H,5-8,11H2,1H3,(H,23,27). The average Bonchev–Trinajstić information content (AvgIpc) is 3.27. The van der Waals surface area contributed by atoms with E-state index in [0.717, 1.165) is 48.6 Å². The van der Waals surface area contributed by atoms with Gasteiger partial charge in [0.15, 0.2) is 0 Å². The van der Waals surface area contributed by atoms with Gasteiger partial charge in [-0.05, 0) is 55.0 Å². The van der Waals surface area contributed by atoms with Crippen LogP contribution < -0.4 is 5.32 Å². The van der Waals surface area contributed by atoms with E-state index >= 15 is 0 Å². The minimum absolute atomic E-state index is 0.0425. The van der Waals surface area contributed by atoms with Gasteiger partial charge in [0.2, 0.25) is 0 Å². The van der Waals surface area contributed by atoms with Crippen molar-refractivity contribution in [2.24, 2.45) is 5.92 Å². The van der Waals surface area contributed by atoms with E-state index in [9.17, 15) is 4.79 Å². The number of pyridine rings is 1. The molecule has 1 aliphatic heterocycles. The second-order valence-electron chi connectivity index (χ2n) is 7.08. The summed E-state index contributed by atoms with van der Waals surface area (Å²) in [6, 6.07) is 9.70. The van der Waals surface area contributed by atoms with Crippen LogP contribution in [0.5, 0.6) is 0 Å². The second-order valence-corrected chi connectivity index (χ2v) is 7.08. The predicted molar refractivity (Wildman–Crippen MR) is 105 cm³/mol. The van der Waals surface area contributed by atoms with Crippen molar-refractivity contribution in [2.75, 3.05) is 19.8 Å². The molecule has 7 heteroatoms. The number of nitrogens with one attached hydrogen (secondary N) is 1. The summed E-state index contributed by atoms with van der Waals surface area (Å²) in [6.45, 7) is 4.26.